The van der Waals surface area contributed by atoms with Crippen molar-refractivity contribution < 1.29 is 39.6 Å². The van der Waals surface area contributed by atoms with E-state index in [4.69, 9.17) is 0 Å². The molecule has 28 heavy (non-hydrogen) atoms. The van der Waals surface area contributed by atoms with Crippen LogP contribution in [-0.2, 0) is 12.8 Å². The van der Waals surface area contributed by atoms with Crippen LogP contribution < -0.4 is 0 Å². The van der Waals surface area contributed by atoms with Gasteiger partial charge in [-0.1, -0.05) is 26.0 Å². The molecule has 0 aliphatic heterocycles. The van der Waals surface area contributed by atoms with Crippen molar-refractivity contribution in [2.75, 3.05) is 0 Å². The van der Waals surface area contributed by atoms with Gasteiger partial charge in [0.05, 0.1) is 22.3 Å². The highest BCUT2D eigenvalue weighted by Crippen LogP contribution is 2.35. The van der Waals surface area contributed by atoms with Gasteiger partial charge in [0.2, 0.25) is 0 Å². The lowest BCUT2D eigenvalue weighted by atomic mass is 9.84. The fraction of sp³-hybridized carbons (Fsp3) is 0.200. The van der Waals surface area contributed by atoms with Crippen molar-refractivity contribution >= 4 is 23.9 Å². The maximum atomic E-state index is 11.9. The summed E-state index contributed by atoms with van der Waals surface area (Å²) in [7, 11) is 0. The lowest BCUT2D eigenvalue weighted by Gasteiger charge is -2.19. The molecule has 0 fully saturated rings. The molecule has 0 heterocycles. The highest BCUT2D eigenvalue weighted by molar-refractivity contribution is 6.09. The van der Waals surface area contributed by atoms with Crippen LogP contribution in [0.3, 0.4) is 0 Å². The molecule has 0 radical (unpaired) electrons. The average Bonchev–Trinajstić information content (AvgIpc) is 2.64. The Morgan fingerprint density at radius 2 is 1.29 bits per heavy atom. The van der Waals surface area contributed by atoms with Crippen LogP contribution >= 0.6 is 0 Å². The van der Waals surface area contributed by atoms with Crippen LogP contribution in [0.4, 0.5) is 0 Å². The van der Waals surface area contributed by atoms with Crippen molar-refractivity contribution in [2.24, 2.45) is 0 Å². The summed E-state index contributed by atoms with van der Waals surface area (Å²) in [5.74, 6) is -5.76. The second-order valence-electron chi connectivity index (χ2n) is 5.97. The molecule has 0 saturated carbocycles. The Balaban J connectivity index is 3.07. The number of carboxylic acids is 4. The van der Waals surface area contributed by atoms with Crippen molar-refractivity contribution in [1.82, 2.24) is 0 Å². The number of aryl methyl sites for hydroxylation is 1. The van der Waals surface area contributed by atoms with E-state index in [1.807, 2.05) is 0 Å². The third-order valence-corrected chi connectivity index (χ3v) is 4.48. The van der Waals surface area contributed by atoms with E-state index in [9.17, 15) is 39.6 Å². The van der Waals surface area contributed by atoms with E-state index in [-0.39, 0.29) is 40.7 Å². The molecule has 8 nitrogen and oxygen atoms in total. The zero-order chi connectivity index (χ0) is 21.2. The number of carboxylic acid groups (broad SMARTS) is 4. The normalized spacial score (nSPS) is 10.5. The van der Waals surface area contributed by atoms with Gasteiger partial charge >= 0.3 is 23.9 Å². The fourth-order valence-corrected chi connectivity index (χ4v) is 3.33. The van der Waals surface area contributed by atoms with E-state index in [2.05, 4.69) is 0 Å². The Hall–Kier alpha value is -3.68. The first-order chi connectivity index (χ1) is 13.1. The lowest BCUT2D eigenvalue weighted by Crippen LogP contribution is -2.17. The fourth-order valence-electron chi connectivity index (χ4n) is 3.33. The van der Waals surface area contributed by atoms with Crippen LogP contribution in [0.25, 0.3) is 11.1 Å². The maximum absolute atomic E-state index is 11.9. The molecule has 8 heteroatoms. The molecule has 4 N–H and O–H groups in total. The van der Waals surface area contributed by atoms with E-state index >= 15 is 0 Å². The van der Waals surface area contributed by atoms with Gasteiger partial charge in [0.25, 0.3) is 0 Å². The van der Waals surface area contributed by atoms with Crippen molar-refractivity contribution in [3.8, 4) is 11.1 Å². The zero-order valence-electron chi connectivity index (χ0n) is 15.1. The highest BCUT2D eigenvalue weighted by Gasteiger charge is 2.28. The summed E-state index contributed by atoms with van der Waals surface area (Å²) in [5, 5.41) is 38.1. The molecule has 146 valence electrons. The van der Waals surface area contributed by atoms with Gasteiger partial charge in [-0.2, -0.15) is 0 Å². The Morgan fingerprint density at radius 1 is 0.714 bits per heavy atom. The first kappa shape index (κ1) is 20.6. The van der Waals surface area contributed by atoms with Crippen LogP contribution in [0.2, 0.25) is 0 Å². The Morgan fingerprint density at radius 3 is 1.71 bits per heavy atom. The summed E-state index contributed by atoms with van der Waals surface area (Å²) in [6, 6.07) is 5.32. The zero-order valence-corrected chi connectivity index (χ0v) is 15.1. The number of carbonyl (C=O) groups is 4. The Labute approximate surface area is 159 Å². The molecule has 2 rings (SSSR count). The topological polar surface area (TPSA) is 149 Å². The van der Waals surface area contributed by atoms with Crippen molar-refractivity contribution in [2.45, 2.75) is 26.7 Å². The largest absolute Gasteiger partial charge is 0.478 e. The van der Waals surface area contributed by atoms with Crippen LogP contribution in [0.15, 0.2) is 24.3 Å². The first-order valence-corrected chi connectivity index (χ1v) is 8.40. The van der Waals surface area contributed by atoms with Gasteiger partial charge in [-0.05, 0) is 47.2 Å². The molecule has 0 atom stereocenters. The van der Waals surface area contributed by atoms with Gasteiger partial charge in [-0.25, -0.2) is 19.2 Å². The van der Waals surface area contributed by atoms with Gasteiger partial charge in [0, 0.05) is 0 Å². The summed E-state index contributed by atoms with van der Waals surface area (Å²) in [6.45, 7) is 3.26. The number of rotatable bonds is 7. The molecule has 0 aliphatic carbocycles. The maximum Gasteiger partial charge on any atom is 0.337 e. The van der Waals surface area contributed by atoms with Crippen LogP contribution in [0.1, 0.15) is 66.4 Å². The number of aromatic carboxylic acids is 4. The molecule has 0 saturated heterocycles. The molecule has 0 aliphatic rings. The smallest absolute Gasteiger partial charge is 0.337 e. The summed E-state index contributed by atoms with van der Waals surface area (Å²) < 4.78 is 0. The monoisotopic (exact) mass is 386 g/mol. The standard InChI is InChI=1S/C20H18O8/c1-3-9-8-13(10(4-2)16(20(27)28)14(9)18(23)24)11-6-5-7-12(17(21)22)15(11)19(25)26/h5-8H,3-4H2,1-2H3,(H,21,22)(H,23,24)(H,25,26)(H,27,28). The first-order valence-electron chi connectivity index (χ1n) is 8.40. The van der Waals surface area contributed by atoms with E-state index < -0.39 is 40.6 Å². The van der Waals surface area contributed by atoms with Crippen molar-refractivity contribution in [1.29, 1.82) is 0 Å². The van der Waals surface area contributed by atoms with Crippen LogP contribution in [0.5, 0.6) is 0 Å². The predicted molar refractivity (Wildman–Crippen MR) is 98.5 cm³/mol. The van der Waals surface area contributed by atoms with Crippen molar-refractivity contribution in [3.05, 3.63) is 57.6 Å². The lowest BCUT2D eigenvalue weighted by molar-refractivity contribution is 0.0649. The summed E-state index contributed by atoms with van der Waals surface area (Å²) in [5.41, 5.74) is -1.11. The van der Waals surface area contributed by atoms with E-state index in [1.165, 1.54) is 18.2 Å². The highest BCUT2D eigenvalue weighted by atomic mass is 16.4. The van der Waals surface area contributed by atoms with E-state index in [1.54, 1.807) is 13.8 Å². The van der Waals surface area contributed by atoms with Gasteiger partial charge in [-0.3, -0.25) is 0 Å². The predicted octanol–water partition coefficient (Wildman–Crippen LogP) is 3.27. The van der Waals surface area contributed by atoms with Gasteiger partial charge < -0.3 is 20.4 Å². The second-order valence-corrected chi connectivity index (χ2v) is 5.97. The minimum atomic E-state index is -1.48. The summed E-state index contributed by atoms with van der Waals surface area (Å²) >= 11 is 0. The molecule has 0 spiro atoms. The van der Waals surface area contributed by atoms with Gasteiger partial charge in [0.1, 0.15) is 0 Å². The minimum Gasteiger partial charge on any atom is -0.478 e. The molecular weight excluding hydrogens is 368 g/mol. The quantitative estimate of drug-likeness (QED) is 0.566. The molecule has 0 amide bonds. The molecular formula is C20H18O8. The van der Waals surface area contributed by atoms with Gasteiger partial charge in [-0.15, -0.1) is 0 Å². The van der Waals surface area contributed by atoms with Crippen LogP contribution in [-0.4, -0.2) is 44.3 Å². The molecule has 0 unspecified atom stereocenters. The third kappa shape index (κ3) is 3.44. The molecule has 0 aromatic heterocycles. The van der Waals surface area contributed by atoms with Gasteiger partial charge in [0.15, 0.2) is 0 Å². The molecule has 2 aromatic carbocycles. The number of hydrogen-bond acceptors (Lipinski definition) is 4. The van der Waals surface area contributed by atoms with Crippen molar-refractivity contribution in [3.63, 3.8) is 0 Å². The number of hydrogen-bond donors (Lipinski definition) is 4. The average molecular weight is 386 g/mol. The third-order valence-electron chi connectivity index (χ3n) is 4.48. The van der Waals surface area contributed by atoms with Crippen LogP contribution in [0, 0.1) is 0 Å². The molecule has 2 aromatic rings. The van der Waals surface area contributed by atoms with E-state index in [0.29, 0.717) is 0 Å². The summed E-state index contributed by atoms with van der Waals surface area (Å²) in [4.78, 5) is 46.8. The SMILES string of the molecule is CCc1cc(-c2cccc(C(=O)O)c2C(=O)O)c(CC)c(C(=O)O)c1C(=O)O. The molecule has 0 bridgehead atoms. The Bertz CT molecular complexity index is 1000. The Kier molecular flexibility index (Phi) is 5.83. The minimum absolute atomic E-state index is 0.0263. The summed E-state index contributed by atoms with van der Waals surface area (Å²) in [6.07, 6.45) is 0.303. The number of benzene rings is 2. The van der Waals surface area contributed by atoms with E-state index in [0.717, 1.165) is 6.07 Å². The second kappa shape index (κ2) is 7.91.